The first-order chi connectivity index (χ1) is 20.8. The SMILES string of the molecule is C(#Cc1ccc(N2C3CCC(CC3)N2c2ccccc2)cc1)c1ccc(N2C3CCC(CC3)N2c2ccccc2)cc1. The summed E-state index contributed by atoms with van der Waals surface area (Å²) in [6, 6.07) is 41.9. The maximum Gasteiger partial charge on any atom is 0.0578 e. The van der Waals surface area contributed by atoms with Gasteiger partial charge in [0, 0.05) is 11.1 Å². The normalized spacial score (nSPS) is 24.5. The number of para-hydroxylation sites is 2. The van der Waals surface area contributed by atoms with Crippen LogP contribution in [0.5, 0.6) is 0 Å². The molecule has 10 rings (SSSR count). The van der Waals surface area contributed by atoms with Crippen LogP contribution >= 0.6 is 0 Å². The third-order valence-corrected chi connectivity index (χ3v) is 9.84. The lowest BCUT2D eigenvalue weighted by Gasteiger charge is -2.55. The molecule has 4 bridgehead atoms. The molecule has 6 aliphatic rings. The largest absolute Gasteiger partial charge is 0.282 e. The molecule has 0 N–H and O–H groups in total. The minimum atomic E-state index is 0.568. The second-order valence-corrected chi connectivity index (χ2v) is 12.3. The van der Waals surface area contributed by atoms with Crippen molar-refractivity contribution in [2.45, 2.75) is 75.5 Å². The van der Waals surface area contributed by atoms with Crippen LogP contribution in [0.15, 0.2) is 109 Å². The lowest BCUT2D eigenvalue weighted by molar-refractivity contribution is 0.284. The Kier molecular flexibility index (Phi) is 6.52. The molecule has 4 aliphatic heterocycles. The number of benzene rings is 4. The lowest BCUT2D eigenvalue weighted by atomic mass is 9.86. The van der Waals surface area contributed by atoms with E-state index < -0.39 is 0 Å². The van der Waals surface area contributed by atoms with E-state index in [1.807, 2.05) is 0 Å². The molecular formula is C38H38N4. The molecular weight excluding hydrogens is 512 g/mol. The summed E-state index contributed by atoms with van der Waals surface area (Å²) in [5.74, 6) is 6.84. The van der Waals surface area contributed by atoms with Crippen molar-refractivity contribution in [1.29, 1.82) is 0 Å². The monoisotopic (exact) mass is 550 g/mol. The van der Waals surface area contributed by atoms with Crippen molar-refractivity contribution < 1.29 is 0 Å². The number of fused-ring (bicyclic) bond motifs is 6. The highest BCUT2D eigenvalue weighted by molar-refractivity contribution is 5.64. The van der Waals surface area contributed by atoms with Crippen LogP contribution in [0.4, 0.5) is 22.7 Å². The first-order valence-electron chi connectivity index (χ1n) is 15.8. The molecule has 4 aromatic rings. The van der Waals surface area contributed by atoms with Gasteiger partial charge in [-0.05, 0) is 124 Å². The van der Waals surface area contributed by atoms with E-state index in [0.29, 0.717) is 24.2 Å². The number of hydrogen-bond acceptors (Lipinski definition) is 4. The Morgan fingerprint density at radius 1 is 0.333 bits per heavy atom. The Morgan fingerprint density at radius 2 is 0.595 bits per heavy atom. The average molecular weight is 551 g/mol. The molecule has 2 saturated carbocycles. The van der Waals surface area contributed by atoms with E-state index >= 15 is 0 Å². The molecule has 0 aromatic heterocycles. The van der Waals surface area contributed by atoms with Gasteiger partial charge < -0.3 is 0 Å². The predicted molar refractivity (Wildman–Crippen MR) is 174 cm³/mol. The van der Waals surface area contributed by atoms with Crippen LogP contribution in [-0.2, 0) is 0 Å². The zero-order valence-electron chi connectivity index (χ0n) is 24.1. The van der Waals surface area contributed by atoms with Crippen molar-refractivity contribution in [3.63, 3.8) is 0 Å². The average Bonchev–Trinajstić information content (AvgIpc) is 3.09. The van der Waals surface area contributed by atoms with E-state index in [9.17, 15) is 0 Å². The molecule has 0 radical (unpaired) electrons. The standard InChI is InChI=1S/C38H38N4/c1-3-7-31(8-4-1)39-35-21-25-37(26-22-35)41(39)33-17-13-29(14-18-33)11-12-30-15-19-34(20-16-30)42-38-27-23-36(24-28-38)40(42)32-9-5-2-6-10-32/h1-10,13-20,35-38H,21-28H2. The fourth-order valence-electron chi connectivity index (χ4n) is 7.84. The molecule has 4 aromatic carbocycles. The summed E-state index contributed by atoms with van der Waals surface area (Å²) in [6.07, 6.45) is 10.2. The Morgan fingerprint density at radius 3 is 0.881 bits per heavy atom. The minimum absolute atomic E-state index is 0.568. The third kappa shape index (κ3) is 4.58. The van der Waals surface area contributed by atoms with Gasteiger partial charge in [-0.15, -0.1) is 0 Å². The van der Waals surface area contributed by atoms with Crippen molar-refractivity contribution in [1.82, 2.24) is 0 Å². The van der Waals surface area contributed by atoms with Crippen LogP contribution in [0.3, 0.4) is 0 Å². The number of hydrazine groups is 2. The van der Waals surface area contributed by atoms with Gasteiger partial charge in [-0.1, -0.05) is 48.2 Å². The van der Waals surface area contributed by atoms with E-state index in [1.165, 1.54) is 74.1 Å². The van der Waals surface area contributed by atoms with Crippen molar-refractivity contribution in [3.8, 4) is 11.8 Å². The molecule has 210 valence electrons. The van der Waals surface area contributed by atoms with E-state index in [0.717, 1.165) is 11.1 Å². The predicted octanol–water partition coefficient (Wildman–Crippen LogP) is 8.19. The summed E-state index contributed by atoms with van der Waals surface area (Å²) < 4.78 is 0. The fourth-order valence-corrected chi connectivity index (χ4v) is 7.84. The summed E-state index contributed by atoms with van der Waals surface area (Å²) >= 11 is 0. The molecule has 4 heterocycles. The second kappa shape index (κ2) is 10.8. The van der Waals surface area contributed by atoms with Gasteiger partial charge in [-0.2, -0.15) is 0 Å². The quantitative estimate of drug-likeness (QED) is 0.238. The van der Waals surface area contributed by atoms with Crippen LogP contribution in [-0.4, -0.2) is 24.2 Å². The van der Waals surface area contributed by atoms with Gasteiger partial charge in [0.1, 0.15) is 0 Å². The molecule has 4 saturated heterocycles. The third-order valence-electron chi connectivity index (χ3n) is 9.84. The van der Waals surface area contributed by atoms with Crippen LogP contribution in [0, 0.1) is 11.8 Å². The van der Waals surface area contributed by atoms with Crippen LogP contribution in [0.25, 0.3) is 0 Å². The summed E-state index contributed by atoms with van der Waals surface area (Å²) in [5.41, 5.74) is 7.23. The molecule has 0 spiro atoms. The highest BCUT2D eigenvalue weighted by Gasteiger charge is 2.41. The highest BCUT2D eigenvalue weighted by Crippen LogP contribution is 2.42. The minimum Gasteiger partial charge on any atom is -0.282 e. The molecule has 42 heavy (non-hydrogen) atoms. The summed E-state index contributed by atoms with van der Waals surface area (Å²) in [4.78, 5) is 0. The highest BCUT2D eigenvalue weighted by atomic mass is 15.7. The van der Waals surface area contributed by atoms with Gasteiger partial charge in [-0.3, -0.25) is 20.0 Å². The van der Waals surface area contributed by atoms with E-state index in [2.05, 4.69) is 141 Å². The number of anilines is 4. The number of nitrogens with zero attached hydrogens (tertiary/aromatic N) is 4. The molecule has 2 aliphatic carbocycles. The first-order valence-corrected chi connectivity index (χ1v) is 15.8. The Hall–Kier alpha value is -4.36. The Bertz CT molecular complexity index is 1440. The van der Waals surface area contributed by atoms with Crippen molar-refractivity contribution >= 4 is 22.7 Å². The van der Waals surface area contributed by atoms with Gasteiger partial charge in [0.2, 0.25) is 0 Å². The van der Waals surface area contributed by atoms with E-state index in [1.54, 1.807) is 0 Å². The van der Waals surface area contributed by atoms with Crippen LogP contribution in [0.2, 0.25) is 0 Å². The van der Waals surface area contributed by atoms with E-state index in [4.69, 9.17) is 0 Å². The van der Waals surface area contributed by atoms with Crippen LogP contribution < -0.4 is 20.0 Å². The summed E-state index contributed by atoms with van der Waals surface area (Å²) in [5, 5.41) is 10.2. The van der Waals surface area contributed by atoms with Gasteiger partial charge in [-0.25, -0.2) is 0 Å². The fraction of sp³-hybridized carbons (Fsp3) is 0.316. The van der Waals surface area contributed by atoms with Crippen molar-refractivity contribution in [2.24, 2.45) is 0 Å². The van der Waals surface area contributed by atoms with Crippen molar-refractivity contribution in [2.75, 3.05) is 20.0 Å². The maximum absolute atomic E-state index is 3.42. The smallest absolute Gasteiger partial charge is 0.0578 e. The maximum atomic E-state index is 3.42. The Balaban J connectivity index is 1.01. The molecule has 0 atom stereocenters. The van der Waals surface area contributed by atoms with Gasteiger partial charge >= 0.3 is 0 Å². The summed E-state index contributed by atoms with van der Waals surface area (Å²) in [7, 11) is 0. The van der Waals surface area contributed by atoms with Crippen molar-refractivity contribution in [3.05, 3.63) is 120 Å². The molecule has 4 nitrogen and oxygen atoms in total. The van der Waals surface area contributed by atoms with Crippen LogP contribution in [0.1, 0.15) is 62.5 Å². The zero-order chi connectivity index (χ0) is 27.9. The van der Waals surface area contributed by atoms with Gasteiger partial charge in [0.25, 0.3) is 0 Å². The number of rotatable bonds is 4. The topological polar surface area (TPSA) is 13.0 Å². The zero-order valence-corrected chi connectivity index (χ0v) is 24.1. The first kappa shape index (κ1) is 25.4. The molecule has 0 unspecified atom stereocenters. The summed E-state index contributed by atoms with van der Waals surface area (Å²) in [6.45, 7) is 0. The van der Waals surface area contributed by atoms with Gasteiger partial charge in [0.15, 0.2) is 0 Å². The Labute approximate surface area is 250 Å². The molecule has 4 heteroatoms. The lowest BCUT2D eigenvalue weighted by Crippen LogP contribution is -2.62. The second-order valence-electron chi connectivity index (χ2n) is 12.3. The van der Waals surface area contributed by atoms with E-state index in [-0.39, 0.29) is 0 Å². The molecule has 0 amide bonds. The molecule has 6 fully saturated rings. The number of hydrogen-bond donors (Lipinski definition) is 0. The van der Waals surface area contributed by atoms with Gasteiger partial charge in [0.05, 0.1) is 46.9 Å².